The number of aromatic nitrogens is 3. The number of carbonyl (C=O) groups excluding carboxylic acids is 1. The Morgan fingerprint density at radius 3 is 2.94 bits per heavy atom. The molecular formula is C11H12N4O2. The minimum atomic E-state index is -0.326. The van der Waals surface area contributed by atoms with Gasteiger partial charge in [0.2, 0.25) is 5.56 Å². The van der Waals surface area contributed by atoms with Crippen molar-refractivity contribution in [1.82, 2.24) is 20.1 Å². The van der Waals surface area contributed by atoms with Gasteiger partial charge in [-0.05, 0) is 12.1 Å². The molecule has 2 aromatic rings. The Labute approximate surface area is 97.3 Å². The number of aromatic amines is 1. The van der Waals surface area contributed by atoms with E-state index in [-0.39, 0.29) is 17.2 Å². The highest BCUT2D eigenvalue weighted by atomic mass is 16.2. The lowest BCUT2D eigenvalue weighted by atomic mass is 10.3. The van der Waals surface area contributed by atoms with Crippen LogP contribution >= 0.6 is 0 Å². The van der Waals surface area contributed by atoms with E-state index in [2.05, 4.69) is 15.4 Å². The van der Waals surface area contributed by atoms with Crippen molar-refractivity contribution in [3.05, 3.63) is 52.2 Å². The van der Waals surface area contributed by atoms with Gasteiger partial charge in [-0.25, -0.2) is 0 Å². The van der Waals surface area contributed by atoms with Crippen molar-refractivity contribution in [2.24, 2.45) is 7.05 Å². The number of hydrogen-bond donors (Lipinski definition) is 2. The maximum absolute atomic E-state index is 11.7. The summed E-state index contributed by atoms with van der Waals surface area (Å²) in [6.45, 7) is 0.330. The summed E-state index contributed by atoms with van der Waals surface area (Å²) in [6.07, 6.45) is 1.80. The second-order valence-electron chi connectivity index (χ2n) is 3.59. The summed E-state index contributed by atoms with van der Waals surface area (Å²) in [5.41, 5.74) is 0.711. The molecule has 0 unspecified atom stereocenters. The number of aryl methyl sites for hydroxylation is 1. The monoisotopic (exact) mass is 232 g/mol. The Morgan fingerprint density at radius 2 is 2.29 bits per heavy atom. The molecule has 88 valence electrons. The van der Waals surface area contributed by atoms with Crippen LogP contribution in [0, 0.1) is 0 Å². The lowest BCUT2D eigenvalue weighted by molar-refractivity contribution is 0.0945. The van der Waals surface area contributed by atoms with Crippen LogP contribution in [-0.4, -0.2) is 20.7 Å². The van der Waals surface area contributed by atoms with Crippen molar-refractivity contribution in [3.63, 3.8) is 0 Å². The molecule has 0 spiro atoms. The summed E-state index contributed by atoms with van der Waals surface area (Å²) >= 11 is 0. The van der Waals surface area contributed by atoms with E-state index < -0.39 is 0 Å². The van der Waals surface area contributed by atoms with Crippen LogP contribution < -0.4 is 10.9 Å². The largest absolute Gasteiger partial charge is 0.345 e. The minimum Gasteiger partial charge on any atom is -0.345 e. The quantitative estimate of drug-likeness (QED) is 0.784. The molecule has 17 heavy (non-hydrogen) atoms. The fourth-order valence-corrected chi connectivity index (χ4v) is 1.40. The number of pyridine rings is 1. The fourth-order valence-electron chi connectivity index (χ4n) is 1.40. The summed E-state index contributed by atoms with van der Waals surface area (Å²) in [4.78, 5) is 25.1. The van der Waals surface area contributed by atoms with Gasteiger partial charge in [0.05, 0.1) is 12.2 Å². The highest BCUT2D eigenvalue weighted by molar-refractivity contribution is 5.92. The van der Waals surface area contributed by atoms with Crippen LogP contribution in [0.2, 0.25) is 0 Å². The predicted octanol–water partition coefficient (Wildman–Crippen LogP) is 0.0384. The first-order chi connectivity index (χ1) is 8.15. The van der Waals surface area contributed by atoms with Gasteiger partial charge in [0.25, 0.3) is 5.91 Å². The molecule has 0 aromatic carbocycles. The third-order valence-electron chi connectivity index (χ3n) is 2.21. The van der Waals surface area contributed by atoms with E-state index in [0.29, 0.717) is 6.54 Å². The van der Waals surface area contributed by atoms with E-state index in [4.69, 9.17) is 0 Å². The van der Waals surface area contributed by atoms with E-state index in [1.165, 1.54) is 12.1 Å². The standard InChI is InChI=1S/C11H12N4O2/c1-15-6-5-8(14-15)7-12-11(17)9-3-2-4-10(16)13-9/h2-6H,7H2,1H3,(H,12,17)(H,13,16). The van der Waals surface area contributed by atoms with E-state index in [9.17, 15) is 9.59 Å². The normalized spacial score (nSPS) is 10.2. The van der Waals surface area contributed by atoms with Gasteiger partial charge in [-0.2, -0.15) is 5.10 Å². The van der Waals surface area contributed by atoms with Crippen molar-refractivity contribution in [3.8, 4) is 0 Å². The van der Waals surface area contributed by atoms with Crippen molar-refractivity contribution in [2.45, 2.75) is 6.54 Å². The topological polar surface area (TPSA) is 79.8 Å². The SMILES string of the molecule is Cn1ccc(CNC(=O)c2cccc(=O)[nH]2)n1. The summed E-state index contributed by atoms with van der Waals surface area (Å²) < 4.78 is 1.66. The highest BCUT2D eigenvalue weighted by Crippen LogP contribution is 1.95. The van der Waals surface area contributed by atoms with E-state index >= 15 is 0 Å². The van der Waals surface area contributed by atoms with E-state index in [1.54, 1.807) is 24.0 Å². The molecule has 2 N–H and O–H groups in total. The summed E-state index contributed by atoms with van der Waals surface area (Å²) in [5.74, 6) is -0.326. The van der Waals surface area contributed by atoms with Crippen LogP contribution in [0.25, 0.3) is 0 Å². The Hall–Kier alpha value is -2.37. The van der Waals surface area contributed by atoms with Crippen LogP contribution in [-0.2, 0) is 13.6 Å². The minimum absolute atomic E-state index is 0.244. The van der Waals surface area contributed by atoms with Gasteiger partial charge in [-0.1, -0.05) is 6.07 Å². The third kappa shape index (κ3) is 2.81. The number of rotatable bonds is 3. The van der Waals surface area contributed by atoms with Crippen LogP contribution in [0.1, 0.15) is 16.2 Å². The van der Waals surface area contributed by atoms with Crippen molar-refractivity contribution in [2.75, 3.05) is 0 Å². The molecule has 0 bridgehead atoms. The van der Waals surface area contributed by atoms with Crippen molar-refractivity contribution in [1.29, 1.82) is 0 Å². The molecule has 0 fully saturated rings. The van der Waals surface area contributed by atoms with Gasteiger partial charge < -0.3 is 10.3 Å². The van der Waals surface area contributed by atoms with Crippen LogP contribution in [0.15, 0.2) is 35.3 Å². The Morgan fingerprint density at radius 1 is 1.47 bits per heavy atom. The lowest BCUT2D eigenvalue weighted by Gasteiger charge is -2.02. The summed E-state index contributed by atoms with van der Waals surface area (Å²) in [7, 11) is 1.81. The number of hydrogen-bond acceptors (Lipinski definition) is 3. The number of amides is 1. The Bertz CT molecular complexity index is 585. The molecule has 0 radical (unpaired) electrons. The second-order valence-corrected chi connectivity index (χ2v) is 3.59. The number of H-pyrrole nitrogens is 1. The lowest BCUT2D eigenvalue weighted by Crippen LogP contribution is -2.25. The van der Waals surface area contributed by atoms with Crippen LogP contribution in [0.3, 0.4) is 0 Å². The molecule has 2 aromatic heterocycles. The first-order valence-electron chi connectivity index (χ1n) is 5.11. The third-order valence-corrected chi connectivity index (χ3v) is 2.21. The molecule has 0 saturated carbocycles. The molecule has 2 rings (SSSR count). The van der Waals surface area contributed by atoms with Gasteiger partial charge >= 0.3 is 0 Å². The van der Waals surface area contributed by atoms with E-state index in [1.807, 2.05) is 6.07 Å². The van der Waals surface area contributed by atoms with Gasteiger partial charge in [0.15, 0.2) is 0 Å². The molecule has 0 aliphatic carbocycles. The van der Waals surface area contributed by atoms with E-state index in [0.717, 1.165) is 5.69 Å². The first kappa shape index (κ1) is 11.1. The molecule has 0 atom stereocenters. The summed E-state index contributed by atoms with van der Waals surface area (Å²) in [6, 6.07) is 6.26. The Balaban J connectivity index is 2.00. The molecule has 0 saturated heterocycles. The molecule has 1 amide bonds. The average Bonchev–Trinajstić information content (AvgIpc) is 2.72. The molecule has 0 aliphatic rings. The summed E-state index contributed by atoms with van der Waals surface area (Å²) in [5, 5.41) is 6.79. The Kier molecular flexibility index (Phi) is 3.04. The molecule has 6 nitrogen and oxygen atoms in total. The zero-order chi connectivity index (χ0) is 12.3. The number of nitrogens with zero attached hydrogens (tertiary/aromatic N) is 2. The maximum atomic E-state index is 11.7. The maximum Gasteiger partial charge on any atom is 0.268 e. The van der Waals surface area contributed by atoms with Gasteiger partial charge in [0.1, 0.15) is 5.69 Å². The zero-order valence-electron chi connectivity index (χ0n) is 9.30. The zero-order valence-corrected chi connectivity index (χ0v) is 9.30. The van der Waals surface area contributed by atoms with Crippen molar-refractivity contribution < 1.29 is 4.79 Å². The molecule has 0 aliphatic heterocycles. The highest BCUT2D eigenvalue weighted by Gasteiger charge is 2.06. The fraction of sp³-hybridized carbons (Fsp3) is 0.182. The molecule has 2 heterocycles. The first-order valence-corrected chi connectivity index (χ1v) is 5.11. The predicted molar refractivity (Wildman–Crippen MR) is 61.4 cm³/mol. The number of nitrogens with one attached hydrogen (secondary N) is 2. The van der Waals surface area contributed by atoms with Gasteiger partial charge in [-0.15, -0.1) is 0 Å². The van der Waals surface area contributed by atoms with Crippen molar-refractivity contribution >= 4 is 5.91 Å². The molecule has 6 heteroatoms. The van der Waals surface area contributed by atoms with Crippen LogP contribution in [0.4, 0.5) is 0 Å². The average molecular weight is 232 g/mol. The smallest absolute Gasteiger partial charge is 0.268 e. The van der Waals surface area contributed by atoms with Gasteiger partial charge in [-0.3, -0.25) is 14.3 Å². The second kappa shape index (κ2) is 4.65. The number of carbonyl (C=O) groups is 1. The van der Waals surface area contributed by atoms with Crippen LogP contribution in [0.5, 0.6) is 0 Å². The van der Waals surface area contributed by atoms with Gasteiger partial charge in [0, 0.05) is 19.3 Å². The molecular weight excluding hydrogens is 220 g/mol.